The van der Waals surface area contributed by atoms with Crippen LogP contribution in [-0.2, 0) is 6.42 Å². The van der Waals surface area contributed by atoms with Crippen LogP contribution in [0.15, 0.2) is 67.0 Å². The molecule has 1 aromatic heterocycles. The standard InChI is InChI=1S/C20H17F2N3O/c21-17-6-2-1-5-14(17)9-10-24-20(26)15-11-16(13-23-12-15)25-19-8-4-3-7-18(19)22/h1-8,11-13,25H,9-10H2,(H,24,26). The van der Waals surface area contributed by atoms with Crippen LogP contribution in [0.3, 0.4) is 0 Å². The van der Waals surface area contributed by atoms with E-state index in [1.165, 1.54) is 24.5 Å². The molecule has 6 heteroatoms. The number of anilines is 2. The van der Waals surface area contributed by atoms with E-state index in [0.717, 1.165) is 0 Å². The van der Waals surface area contributed by atoms with Gasteiger partial charge in [-0.25, -0.2) is 8.78 Å². The summed E-state index contributed by atoms with van der Waals surface area (Å²) in [4.78, 5) is 16.3. The number of nitrogens with one attached hydrogen (secondary N) is 2. The van der Waals surface area contributed by atoms with E-state index in [4.69, 9.17) is 0 Å². The van der Waals surface area contributed by atoms with Crippen molar-refractivity contribution in [3.05, 3.63) is 89.8 Å². The molecule has 0 spiro atoms. The lowest BCUT2D eigenvalue weighted by Gasteiger charge is -2.09. The van der Waals surface area contributed by atoms with E-state index in [9.17, 15) is 13.6 Å². The van der Waals surface area contributed by atoms with E-state index in [0.29, 0.717) is 35.5 Å². The van der Waals surface area contributed by atoms with E-state index in [2.05, 4.69) is 15.6 Å². The predicted octanol–water partition coefficient (Wildman–Crippen LogP) is 4.08. The summed E-state index contributed by atoms with van der Waals surface area (Å²) < 4.78 is 27.3. The Hall–Kier alpha value is -3.28. The minimum Gasteiger partial charge on any atom is -0.352 e. The minimum atomic E-state index is -0.396. The van der Waals surface area contributed by atoms with Gasteiger partial charge in [-0.2, -0.15) is 0 Å². The predicted molar refractivity (Wildman–Crippen MR) is 96.4 cm³/mol. The third-order valence-corrected chi connectivity index (χ3v) is 3.79. The Labute approximate surface area is 149 Å². The maximum Gasteiger partial charge on any atom is 0.252 e. The molecule has 1 heterocycles. The van der Waals surface area contributed by atoms with Crippen LogP contribution in [0.25, 0.3) is 0 Å². The number of halogens is 2. The largest absolute Gasteiger partial charge is 0.352 e. The number of aromatic nitrogens is 1. The van der Waals surface area contributed by atoms with Gasteiger partial charge in [0.15, 0.2) is 0 Å². The molecular weight excluding hydrogens is 336 g/mol. The molecular formula is C20H17F2N3O. The lowest BCUT2D eigenvalue weighted by Crippen LogP contribution is -2.26. The number of para-hydroxylation sites is 1. The van der Waals surface area contributed by atoms with Crippen molar-refractivity contribution in [1.29, 1.82) is 0 Å². The van der Waals surface area contributed by atoms with Crippen molar-refractivity contribution in [2.75, 3.05) is 11.9 Å². The van der Waals surface area contributed by atoms with Crippen molar-refractivity contribution in [1.82, 2.24) is 10.3 Å². The summed E-state index contributed by atoms with van der Waals surface area (Å²) in [6, 6.07) is 14.3. The second-order valence-electron chi connectivity index (χ2n) is 5.66. The molecule has 2 aromatic carbocycles. The van der Waals surface area contributed by atoms with Gasteiger partial charge < -0.3 is 10.6 Å². The summed E-state index contributed by atoms with van der Waals surface area (Å²) in [7, 11) is 0. The van der Waals surface area contributed by atoms with Crippen molar-refractivity contribution in [2.45, 2.75) is 6.42 Å². The summed E-state index contributed by atoms with van der Waals surface area (Å²) in [5.41, 5.74) is 1.67. The number of rotatable bonds is 6. The third kappa shape index (κ3) is 4.42. The monoisotopic (exact) mass is 353 g/mol. The van der Waals surface area contributed by atoms with Crippen LogP contribution in [0.1, 0.15) is 15.9 Å². The molecule has 0 saturated heterocycles. The zero-order valence-electron chi connectivity index (χ0n) is 13.9. The molecule has 0 atom stereocenters. The molecule has 4 nitrogen and oxygen atoms in total. The summed E-state index contributed by atoms with van der Waals surface area (Å²) in [5.74, 6) is -1.02. The Balaban J connectivity index is 1.61. The maximum absolute atomic E-state index is 13.7. The van der Waals surface area contributed by atoms with Crippen LogP contribution in [-0.4, -0.2) is 17.4 Å². The molecule has 0 unspecified atom stereocenters. The highest BCUT2D eigenvalue weighted by molar-refractivity contribution is 5.94. The Morgan fingerprint density at radius 1 is 0.962 bits per heavy atom. The van der Waals surface area contributed by atoms with Crippen LogP contribution < -0.4 is 10.6 Å². The molecule has 0 bridgehead atoms. The molecule has 1 amide bonds. The topological polar surface area (TPSA) is 54.0 Å². The van der Waals surface area contributed by atoms with Crippen molar-refractivity contribution in [3.8, 4) is 0 Å². The average Bonchev–Trinajstić information content (AvgIpc) is 2.65. The molecule has 3 aromatic rings. The summed E-state index contributed by atoms with van der Waals surface area (Å²) in [6.45, 7) is 0.296. The number of nitrogens with zero attached hydrogens (tertiary/aromatic N) is 1. The van der Waals surface area contributed by atoms with Gasteiger partial charge in [-0.3, -0.25) is 9.78 Å². The van der Waals surface area contributed by atoms with E-state index in [1.807, 2.05) is 0 Å². The first-order valence-electron chi connectivity index (χ1n) is 8.11. The molecule has 0 saturated carbocycles. The Kier molecular flexibility index (Phi) is 5.53. The molecule has 0 aliphatic carbocycles. The molecule has 2 N–H and O–H groups in total. The Bertz CT molecular complexity index is 915. The van der Waals surface area contributed by atoms with Gasteiger partial charge >= 0.3 is 0 Å². The fraction of sp³-hybridized carbons (Fsp3) is 0.100. The number of carbonyl (C=O) groups excluding carboxylic acids is 1. The summed E-state index contributed by atoms with van der Waals surface area (Å²) in [6.07, 6.45) is 3.31. The van der Waals surface area contributed by atoms with Gasteiger partial charge in [-0.15, -0.1) is 0 Å². The third-order valence-electron chi connectivity index (χ3n) is 3.79. The average molecular weight is 353 g/mol. The van der Waals surface area contributed by atoms with Gasteiger partial charge in [-0.1, -0.05) is 30.3 Å². The van der Waals surface area contributed by atoms with Crippen LogP contribution in [0, 0.1) is 11.6 Å². The van der Waals surface area contributed by atoms with Gasteiger partial charge in [0.05, 0.1) is 23.1 Å². The quantitative estimate of drug-likeness (QED) is 0.702. The maximum atomic E-state index is 13.7. The van der Waals surface area contributed by atoms with Crippen molar-refractivity contribution in [2.24, 2.45) is 0 Å². The van der Waals surface area contributed by atoms with E-state index < -0.39 is 5.82 Å². The number of hydrogen-bond acceptors (Lipinski definition) is 3. The fourth-order valence-corrected chi connectivity index (χ4v) is 2.46. The second-order valence-corrected chi connectivity index (χ2v) is 5.66. The second kappa shape index (κ2) is 8.20. The van der Waals surface area contributed by atoms with E-state index in [-0.39, 0.29) is 11.7 Å². The highest BCUT2D eigenvalue weighted by Gasteiger charge is 2.09. The smallest absolute Gasteiger partial charge is 0.252 e. The Morgan fingerprint density at radius 2 is 1.69 bits per heavy atom. The fourth-order valence-electron chi connectivity index (χ4n) is 2.46. The molecule has 3 rings (SSSR count). The molecule has 0 aliphatic heterocycles. The lowest BCUT2D eigenvalue weighted by atomic mass is 10.1. The first kappa shape index (κ1) is 17.5. The number of hydrogen-bond donors (Lipinski definition) is 2. The van der Waals surface area contributed by atoms with Gasteiger partial charge in [-0.05, 0) is 36.2 Å². The SMILES string of the molecule is O=C(NCCc1ccccc1F)c1cncc(Nc2ccccc2F)c1. The van der Waals surface area contributed by atoms with E-state index >= 15 is 0 Å². The zero-order valence-corrected chi connectivity index (χ0v) is 13.9. The molecule has 0 fully saturated rings. The zero-order chi connectivity index (χ0) is 18.4. The Morgan fingerprint density at radius 3 is 2.46 bits per heavy atom. The van der Waals surface area contributed by atoms with Crippen LogP contribution in [0.2, 0.25) is 0 Å². The van der Waals surface area contributed by atoms with Gasteiger partial charge in [0, 0.05) is 12.7 Å². The number of carbonyl (C=O) groups is 1. The number of pyridine rings is 1. The van der Waals surface area contributed by atoms with Crippen molar-refractivity contribution >= 4 is 17.3 Å². The van der Waals surface area contributed by atoms with Gasteiger partial charge in [0.25, 0.3) is 5.91 Å². The van der Waals surface area contributed by atoms with Crippen molar-refractivity contribution < 1.29 is 13.6 Å². The van der Waals surface area contributed by atoms with Crippen molar-refractivity contribution in [3.63, 3.8) is 0 Å². The minimum absolute atomic E-state index is 0.292. The first-order chi connectivity index (χ1) is 12.6. The highest BCUT2D eigenvalue weighted by atomic mass is 19.1. The lowest BCUT2D eigenvalue weighted by molar-refractivity contribution is 0.0953. The molecule has 132 valence electrons. The molecule has 26 heavy (non-hydrogen) atoms. The molecule has 0 radical (unpaired) electrons. The van der Waals surface area contributed by atoms with E-state index in [1.54, 1.807) is 42.5 Å². The number of benzene rings is 2. The van der Waals surface area contributed by atoms with Crippen LogP contribution in [0.4, 0.5) is 20.2 Å². The van der Waals surface area contributed by atoms with Gasteiger partial charge in [0.1, 0.15) is 11.6 Å². The summed E-state index contributed by atoms with van der Waals surface area (Å²) >= 11 is 0. The first-order valence-corrected chi connectivity index (χ1v) is 8.11. The molecule has 0 aliphatic rings. The normalized spacial score (nSPS) is 10.4. The van der Waals surface area contributed by atoms with Gasteiger partial charge in [0.2, 0.25) is 0 Å². The van der Waals surface area contributed by atoms with Crippen LogP contribution >= 0.6 is 0 Å². The number of amides is 1. The highest BCUT2D eigenvalue weighted by Crippen LogP contribution is 2.19. The van der Waals surface area contributed by atoms with Crippen LogP contribution in [0.5, 0.6) is 0 Å². The summed E-state index contributed by atoms with van der Waals surface area (Å²) in [5, 5.41) is 5.62.